The minimum Gasteiger partial charge on any atom is -0.431 e. The van der Waals surface area contributed by atoms with E-state index in [9.17, 15) is 4.79 Å². The molecule has 2 nitrogen and oxygen atoms in total. The molecule has 0 unspecified atom stereocenters. The molecule has 0 radical (unpaired) electrons. The number of ether oxygens (including phenoxy) is 1. The van der Waals surface area contributed by atoms with Gasteiger partial charge in [-0.05, 0) is 26.3 Å². The average Bonchev–Trinajstić information content (AvgIpc) is 1.98. The molecule has 9 heavy (non-hydrogen) atoms. The first-order valence-electron chi connectivity index (χ1n) is 3.02. The van der Waals surface area contributed by atoms with Crippen LogP contribution in [0.4, 0.5) is 0 Å². The third kappa shape index (κ3) is 0.846. The van der Waals surface area contributed by atoms with Crippen LogP contribution in [0.1, 0.15) is 20.8 Å². The Morgan fingerprint density at radius 2 is 2.00 bits per heavy atom. The SMILES string of the molecule is CC1=C(C)[C@H](C)C(=O)O1. The highest BCUT2D eigenvalue weighted by Gasteiger charge is 2.25. The number of hydrogen-bond donors (Lipinski definition) is 0. The van der Waals surface area contributed by atoms with Gasteiger partial charge in [0, 0.05) is 0 Å². The number of cyclic esters (lactones) is 1. The van der Waals surface area contributed by atoms with Crippen molar-refractivity contribution in [3.8, 4) is 0 Å². The molecule has 50 valence electrons. The van der Waals surface area contributed by atoms with Gasteiger partial charge in [-0.15, -0.1) is 0 Å². The fourth-order valence-electron chi connectivity index (χ4n) is 0.801. The average molecular weight is 126 g/mol. The Labute approximate surface area is 54.5 Å². The van der Waals surface area contributed by atoms with Gasteiger partial charge in [0.1, 0.15) is 5.76 Å². The van der Waals surface area contributed by atoms with Crippen molar-refractivity contribution in [1.82, 2.24) is 0 Å². The Hall–Kier alpha value is -0.790. The molecule has 1 atom stereocenters. The second-order valence-corrected chi connectivity index (χ2v) is 2.38. The molecule has 1 rings (SSSR count). The number of carbonyl (C=O) groups excluding carboxylic acids is 1. The number of hydrogen-bond acceptors (Lipinski definition) is 2. The standard InChI is InChI=1S/C7H10O2/c1-4-5(2)7(8)9-6(4)3/h5H,1-3H3/t5-/m0/s1. The highest BCUT2D eigenvalue weighted by molar-refractivity contribution is 5.79. The summed E-state index contributed by atoms with van der Waals surface area (Å²) in [5, 5.41) is 0. The van der Waals surface area contributed by atoms with E-state index >= 15 is 0 Å². The molecule has 1 aliphatic rings. The quantitative estimate of drug-likeness (QED) is 0.459. The Balaban J connectivity index is 2.87. The van der Waals surface area contributed by atoms with Crippen molar-refractivity contribution in [3.63, 3.8) is 0 Å². The summed E-state index contributed by atoms with van der Waals surface area (Å²) in [6, 6.07) is 0. The van der Waals surface area contributed by atoms with Crippen molar-refractivity contribution in [1.29, 1.82) is 0 Å². The van der Waals surface area contributed by atoms with Gasteiger partial charge >= 0.3 is 5.97 Å². The summed E-state index contributed by atoms with van der Waals surface area (Å²) >= 11 is 0. The van der Waals surface area contributed by atoms with Crippen LogP contribution in [0.3, 0.4) is 0 Å². The summed E-state index contributed by atoms with van der Waals surface area (Å²) in [4.78, 5) is 10.7. The Morgan fingerprint density at radius 3 is 2.11 bits per heavy atom. The lowest BCUT2D eigenvalue weighted by atomic mass is 10.1. The van der Waals surface area contributed by atoms with Crippen molar-refractivity contribution in [2.24, 2.45) is 5.92 Å². The molecule has 0 aromatic carbocycles. The largest absolute Gasteiger partial charge is 0.431 e. The van der Waals surface area contributed by atoms with E-state index in [1.165, 1.54) is 0 Å². The van der Waals surface area contributed by atoms with E-state index < -0.39 is 0 Å². The van der Waals surface area contributed by atoms with E-state index in [2.05, 4.69) is 0 Å². The van der Waals surface area contributed by atoms with E-state index in [0.717, 1.165) is 11.3 Å². The molecule has 0 saturated heterocycles. The van der Waals surface area contributed by atoms with Crippen LogP contribution in [0.25, 0.3) is 0 Å². The summed E-state index contributed by atoms with van der Waals surface area (Å²) in [6.07, 6.45) is 0. The van der Waals surface area contributed by atoms with Gasteiger partial charge in [0.05, 0.1) is 5.92 Å². The molecule has 0 aromatic rings. The van der Waals surface area contributed by atoms with Crippen LogP contribution in [-0.4, -0.2) is 5.97 Å². The van der Waals surface area contributed by atoms with Gasteiger partial charge in [-0.25, -0.2) is 0 Å². The molecule has 0 bridgehead atoms. The van der Waals surface area contributed by atoms with Gasteiger partial charge in [0.15, 0.2) is 0 Å². The van der Waals surface area contributed by atoms with Crippen LogP contribution < -0.4 is 0 Å². The number of carbonyl (C=O) groups is 1. The predicted octanol–water partition coefficient (Wildman–Crippen LogP) is 1.47. The van der Waals surface area contributed by atoms with Crippen molar-refractivity contribution >= 4 is 5.97 Å². The fourth-order valence-corrected chi connectivity index (χ4v) is 0.801. The molecule has 0 aromatic heterocycles. The summed E-state index contributed by atoms with van der Waals surface area (Å²) in [6.45, 7) is 5.59. The maximum atomic E-state index is 10.7. The minimum atomic E-state index is -0.120. The highest BCUT2D eigenvalue weighted by Crippen LogP contribution is 2.24. The Kier molecular flexibility index (Phi) is 1.31. The molecular formula is C7H10O2. The molecule has 0 saturated carbocycles. The first kappa shape index (κ1) is 6.33. The molecule has 2 heteroatoms. The van der Waals surface area contributed by atoms with Gasteiger partial charge in [0.2, 0.25) is 0 Å². The van der Waals surface area contributed by atoms with Crippen LogP contribution >= 0.6 is 0 Å². The Morgan fingerprint density at radius 1 is 1.44 bits per heavy atom. The summed E-state index contributed by atoms with van der Waals surface area (Å²) in [5.41, 5.74) is 1.06. The smallest absolute Gasteiger partial charge is 0.317 e. The first-order valence-corrected chi connectivity index (χ1v) is 3.02. The van der Waals surface area contributed by atoms with Crippen molar-refractivity contribution in [2.75, 3.05) is 0 Å². The zero-order valence-corrected chi connectivity index (χ0v) is 5.89. The lowest BCUT2D eigenvalue weighted by Crippen LogP contribution is -2.05. The summed E-state index contributed by atoms with van der Waals surface area (Å²) < 4.78 is 4.83. The minimum absolute atomic E-state index is 0.0231. The maximum absolute atomic E-state index is 10.7. The second-order valence-electron chi connectivity index (χ2n) is 2.38. The molecule has 0 N–H and O–H groups in total. The van der Waals surface area contributed by atoms with E-state index in [-0.39, 0.29) is 11.9 Å². The van der Waals surface area contributed by atoms with Crippen LogP contribution in [0.15, 0.2) is 11.3 Å². The van der Waals surface area contributed by atoms with Crippen LogP contribution in [0, 0.1) is 5.92 Å². The molecule has 0 spiro atoms. The fraction of sp³-hybridized carbons (Fsp3) is 0.571. The maximum Gasteiger partial charge on any atom is 0.317 e. The van der Waals surface area contributed by atoms with Gasteiger partial charge in [-0.3, -0.25) is 4.79 Å². The van der Waals surface area contributed by atoms with Gasteiger partial charge in [0.25, 0.3) is 0 Å². The Bertz CT molecular complexity index is 179. The van der Waals surface area contributed by atoms with E-state index in [1.807, 2.05) is 20.8 Å². The van der Waals surface area contributed by atoms with Crippen LogP contribution in [-0.2, 0) is 9.53 Å². The zero-order valence-electron chi connectivity index (χ0n) is 5.89. The molecular weight excluding hydrogens is 116 g/mol. The highest BCUT2D eigenvalue weighted by atomic mass is 16.5. The van der Waals surface area contributed by atoms with Crippen molar-refractivity contribution < 1.29 is 9.53 Å². The lowest BCUT2D eigenvalue weighted by molar-refractivity contribution is -0.139. The molecule has 0 aliphatic carbocycles. The molecule has 1 heterocycles. The molecule has 0 amide bonds. The van der Waals surface area contributed by atoms with E-state index in [4.69, 9.17) is 4.74 Å². The van der Waals surface area contributed by atoms with Gasteiger partial charge in [-0.2, -0.15) is 0 Å². The van der Waals surface area contributed by atoms with E-state index in [0.29, 0.717) is 0 Å². The third-order valence-corrected chi connectivity index (χ3v) is 1.81. The zero-order chi connectivity index (χ0) is 7.02. The first-order chi connectivity index (χ1) is 4.13. The number of esters is 1. The van der Waals surface area contributed by atoms with Crippen molar-refractivity contribution in [2.45, 2.75) is 20.8 Å². The topological polar surface area (TPSA) is 26.3 Å². The van der Waals surface area contributed by atoms with Crippen molar-refractivity contribution in [3.05, 3.63) is 11.3 Å². The summed E-state index contributed by atoms with van der Waals surface area (Å²) in [7, 11) is 0. The predicted molar refractivity (Wildman–Crippen MR) is 33.6 cm³/mol. The van der Waals surface area contributed by atoms with Crippen LogP contribution in [0.5, 0.6) is 0 Å². The number of rotatable bonds is 0. The lowest BCUT2D eigenvalue weighted by Gasteiger charge is -1.94. The third-order valence-electron chi connectivity index (χ3n) is 1.81. The molecule has 0 fully saturated rings. The second kappa shape index (κ2) is 1.87. The van der Waals surface area contributed by atoms with E-state index in [1.54, 1.807) is 0 Å². The summed E-state index contributed by atoms with van der Waals surface area (Å²) in [5.74, 6) is 0.627. The number of allylic oxidation sites excluding steroid dienone is 1. The monoisotopic (exact) mass is 126 g/mol. The van der Waals surface area contributed by atoms with Gasteiger partial charge in [-0.1, -0.05) is 0 Å². The normalized spacial score (nSPS) is 27.0. The van der Waals surface area contributed by atoms with Crippen LogP contribution in [0.2, 0.25) is 0 Å². The molecule has 1 aliphatic heterocycles. The van der Waals surface area contributed by atoms with Gasteiger partial charge < -0.3 is 4.74 Å².